The third-order valence-electron chi connectivity index (χ3n) is 14.4. The maximum absolute atomic E-state index is 14.9. The van der Waals surface area contributed by atoms with Gasteiger partial charge in [-0.15, -0.1) is 5.10 Å². The van der Waals surface area contributed by atoms with Crippen molar-refractivity contribution in [2.45, 2.75) is 110 Å². The van der Waals surface area contributed by atoms with E-state index < -0.39 is 70.6 Å². The van der Waals surface area contributed by atoms with Crippen LogP contribution < -0.4 is 20.8 Å². The number of phenolic OH excluding ortho intramolecular Hbond substituents is 2. The highest BCUT2D eigenvalue weighted by Crippen LogP contribution is 2.69. The van der Waals surface area contributed by atoms with Crippen molar-refractivity contribution in [3.8, 4) is 17.2 Å². The number of carbonyl (C=O) groups excluding carboxylic acids is 3. The largest absolute Gasteiger partial charge is 0.507 e. The monoisotopic (exact) mass is 895 g/mol. The fourth-order valence-corrected chi connectivity index (χ4v) is 10.6. The summed E-state index contributed by atoms with van der Waals surface area (Å²) in [6.45, 7) is 19.1. The number of methoxy groups -OCH3 is 1. The van der Waals surface area contributed by atoms with Crippen LogP contribution in [0.5, 0.6) is 17.2 Å². The van der Waals surface area contributed by atoms with Crippen LogP contribution in [0.15, 0.2) is 58.8 Å². The third-order valence-corrected chi connectivity index (χ3v) is 14.4. The van der Waals surface area contributed by atoms with Crippen molar-refractivity contribution >= 4 is 34.2 Å². The maximum Gasteiger partial charge on any atom is 0.436 e. The molecular formula is C47H57N7O11. The summed E-state index contributed by atoms with van der Waals surface area (Å²) in [4.78, 5) is 58.2. The summed E-state index contributed by atoms with van der Waals surface area (Å²) in [6.07, 6.45) is 9.41. The molecule has 65 heavy (non-hydrogen) atoms. The summed E-state index contributed by atoms with van der Waals surface area (Å²) >= 11 is 0. The molecule has 7 bridgehead atoms. The molecule has 1 aromatic heterocycles. The Morgan fingerprint density at radius 1 is 1.02 bits per heavy atom. The van der Waals surface area contributed by atoms with E-state index in [0.717, 1.165) is 24.3 Å². The number of anilines is 1. The topological polar surface area (TPSA) is 218 Å². The Bertz CT molecular complexity index is 2700. The van der Waals surface area contributed by atoms with Crippen LogP contribution in [0.25, 0.3) is 10.8 Å². The number of rotatable bonds is 4. The number of benzene rings is 2. The standard InChI is InChI=1S/C47H57N7O11/c1-23(2)20-53-17-15-45(16-18-53)51-34-31-32-37(55)27(6)40-33(31)41(57)44(9,63-40)61-19-14-30(60-10)26(5)39(62-43(59)54-22-48-21-49-54)28(7)47-29(8)46(64-47,65-47)25(4)13-11-12-24(3)42(58)50-36(38(32)56)35(34)52-45/h11-14,19,21-23,25-26,28-30,39,51,55-56H,15-18,20H2,1-10H3/b13-11+,19-14+,24-12-,50-36?/t25-,26+,28-,29+,30-,39+,44-,46?,47?/m0/s1. The van der Waals surface area contributed by atoms with Crippen LogP contribution in [-0.4, -0.2) is 110 Å². The molecule has 18 nitrogen and oxygen atoms in total. The van der Waals surface area contributed by atoms with E-state index in [0.29, 0.717) is 24.4 Å². The van der Waals surface area contributed by atoms with Gasteiger partial charge in [-0.3, -0.25) is 14.6 Å². The summed E-state index contributed by atoms with van der Waals surface area (Å²) in [7, 11) is 1.50. The average Bonchev–Trinajstić information content (AvgIpc) is 3.99. The lowest BCUT2D eigenvalue weighted by Crippen LogP contribution is -2.88. The summed E-state index contributed by atoms with van der Waals surface area (Å²) in [6, 6.07) is 0. The first kappa shape index (κ1) is 44.5. The highest BCUT2D eigenvalue weighted by molar-refractivity contribution is 6.21. The number of piperidine rings is 1. The molecule has 0 radical (unpaired) electrons. The summed E-state index contributed by atoms with van der Waals surface area (Å²) in [5.74, 6) is -7.09. The molecule has 346 valence electrons. The second-order valence-corrected chi connectivity index (χ2v) is 19.0. The van der Waals surface area contributed by atoms with Gasteiger partial charge in [0, 0.05) is 80.8 Å². The molecule has 1 spiro atoms. The molecule has 2 aromatic carbocycles. The zero-order chi connectivity index (χ0) is 46.5. The van der Waals surface area contributed by atoms with Gasteiger partial charge >= 0.3 is 11.9 Å². The Labute approximate surface area is 376 Å². The van der Waals surface area contributed by atoms with Crippen LogP contribution in [0.2, 0.25) is 0 Å². The van der Waals surface area contributed by atoms with Crippen molar-refractivity contribution in [1.29, 1.82) is 0 Å². The quantitative estimate of drug-likeness (QED) is 0.287. The van der Waals surface area contributed by atoms with E-state index in [2.05, 4.69) is 39.1 Å². The molecule has 4 saturated heterocycles. The zero-order valence-corrected chi connectivity index (χ0v) is 38.4. The first-order valence-electron chi connectivity index (χ1n) is 22.3. The molecule has 0 aliphatic carbocycles. The number of aromatic nitrogens is 3. The van der Waals surface area contributed by atoms with Gasteiger partial charge < -0.3 is 48.9 Å². The van der Waals surface area contributed by atoms with Gasteiger partial charge in [-0.2, -0.15) is 4.68 Å². The summed E-state index contributed by atoms with van der Waals surface area (Å²) < 4.78 is 38.8. The van der Waals surface area contributed by atoms with Gasteiger partial charge in [-0.1, -0.05) is 59.8 Å². The van der Waals surface area contributed by atoms with Crippen LogP contribution >= 0.6 is 0 Å². The number of ketones is 1. The number of hydrogen-bond acceptors (Lipinski definition) is 16. The molecule has 12 aliphatic heterocycles. The van der Waals surface area contributed by atoms with Crippen molar-refractivity contribution in [3.05, 3.63) is 70.6 Å². The van der Waals surface area contributed by atoms with Gasteiger partial charge in [0.25, 0.3) is 11.7 Å². The number of nitrogens with one attached hydrogen (secondary N) is 1. The maximum atomic E-state index is 14.9. The average molecular weight is 896 g/mol. The summed E-state index contributed by atoms with van der Waals surface area (Å²) in [5.41, 5.74) is -0.0144. The lowest BCUT2D eigenvalue weighted by molar-refractivity contribution is -0.670. The van der Waals surface area contributed by atoms with E-state index in [1.54, 1.807) is 32.1 Å². The van der Waals surface area contributed by atoms with Crippen molar-refractivity contribution in [2.24, 2.45) is 39.6 Å². The number of likely N-dealkylation sites (tertiary alicyclic amines) is 1. The number of ether oxygens (including phenoxy) is 6. The Hall–Kier alpha value is -5.69. The van der Waals surface area contributed by atoms with E-state index >= 15 is 0 Å². The lowest BCUT2D eigenvalue weighted by atomic mass is 9.63. The van der Waals surface area contributed by atoms with Gasteiger partial charge in [0.2, 0.25) is 0 Å². The minimum Gasteiger partial charge on any atom is -0.507 e. The molecule has 18 heteroatoms. The number of nitrogens with zero attached hydrogens (tertiary/aromatic N) is 6. The van der Waals surface area contributed by atoms with E-state index in [1.165, 1.54) is 33.0 Å². The molecule has 1 amide bonds. The van der Waals surface area contributed by atoms with Crippen molar-refractivity contribution in [2.75, 3.05) is 32.1 Å². The van der Waals surface area contributed by atoms with Crippen LogP contribution in [0, 0.1) is 36.5 Å². The zero-order valence-electron chi connectivity index (χ0n) is 38.4. The second kappa shape index (κ2) is 15.7. The van der Waals surface area contributed by atoms with Gasteiger partial charge in [-0.05, 0) is 25.8 Å². The second-order valence-electron chi connectivity index (χ2n) is 19.0. The number of aromatic hydroxyl groups is 2. The molecular weight excluding hydrogens is 839 g/mol. The minimum absolute atomic E-state index is 0.0634. The normalized spacial score (nSPS) is 34.6. The van der Waals surface area contributed by atoms with E-state index in [-0.39, 0.29) is 61.5 Å². The predicted octanol–water partition coefficient (Wildman–Crippen LogP) is 5.19. The fraction of sp³-hybridized carbons (Fsp3) is 0.553. The molecule has 3 aromatic rings. The van der Waals surface area contributed by atoms with Crippen molar-refractivity contribution in [1.82, 2.24) is 19.7 Å². The van der Waals surface area contributed by atoms with Gasteiger partial charge in [-0.25, -0.2) is 14.8 Å². The highest BCUT2D eigenvalue weighted by Gasteiger charge is 2.82. The molecule has 0 saturated carbocycles. The lowest BCUT2D eigenvalue weighted by Gasteiger charge is -2.76. The van der Waals surface area contributed by atoms with Gasteiger partial charge in [0.1, 0.15) is 46.6 Å². The van der Waals surface area contributed by atoms with Gasteiger partial charge in [0.15, 0.2) is 17.3 Å². The minimum atomic E-state index is -1.95. The number of amides is 1. The van der Waals surface area contributed by atoms with Crippen LogP contribution in [0.4, 0.5) is 10.5 Å². The first-order chi connectivity index (χ1) is 30.8. The van der Waals surface area contributed by atoms with E-state index in [4.69, 9.17) is 33.4 Å². The predicted molar refractivity (Wildman–Crippen MR) is 233 cm³/mol. The van der Waals surface area contributed by atoms with E-state index in [9.17, 15) is 24.6 Å². The third kappa shape index (κ3) is 6.77. The molecule has 3 N–H and O–H groups in total. The van der Waals surface area contributed by atoms with Crippen molar-refractivity contribution < 1.29 is 53.0 Å². The smallest absolute Gasteiger partial charge is 0.436 e. The molecule has 0 unspecified atom stereocenters. The van der Waals surface area contributed by atoms with Crippen molar-refractivity contribution in [3.63, 3.8) is 0 Å². The number of allylic oxidation sites excluding steroid dienone is 2. The Morgan fingerprint density at radius 2 is 1.74 bits per heavy atom. The van der Waals surface area contributed by atoms with Crippen LogP contribution in [0.3, 0.4) is 0 Å². The van der Waals surface area contributed by atoms with Crippen LogP contribution in [-0.2, 0) is 28.5 Å². The van der Waals surface area contributed by atoms with Crippen LogP contribution in [0.1, 0.15) is 84.2 Å². The number of phenols is 2. The SMILES string of the molecule is CO[C@H]1/C=C/O[C@@]2(C)Oc3c(C)c(O)c4c(O)c(c5c(c4c3C2=O)NC2(CCN(CC(C)C)CC2)N=5)=NC(=O)/C(C)=C\C=C\[C@H](C)C23OC(O2)([C@@H]3C)[C@@H](C)[C@H](OC(=O)n2cncn2)[C@@H]1C. The molecule has 13 heterocycles. The molecule has 4 fully saturated rings. The van der Waals surface area contributed by atoms with E-state index in [1.807, 2.05) is 33.8 Å². The number of carbonyl (C=O) groups is 3. The fourth-order valence-electron chi connectivity index (χ4n) is 10.6. The first-order valence-corrected chi connectivity index (χ1v) is 22.3. The van der Waals surface area contributed by atoms with Gasteiger partial charge in [0.05, 0.1) is 34.9 Å². The number of hydrogen-bond donors (Lipinski definition) is 3. The summed E-state index contributed by atoms with van der Waals surface area (Å²) in [5, 5.41) is 31.8. The molecule has 7 atom stereocenters. The molecule has 12 aliphatic rings. The Morgan fingerprint density at radius 3 is 2.38 bits per heavy atom. The molecule has 15 rings (SSSR count). The Kier molecular flexibility index (Phi) is 10.8. The highest BCUT2D eigenvalue weighted by atomic mass is 16.9. The Balaban J connectivity index is 1.17. The number of Topliss-reactive ketones (excluding diaryl/α,β-unsaturated/α-hetero) is 1.